The van der Waals surface area contributed by atoms with Gasteiger partial charge in [-0.3, -0.25) is 4.90 Å². The summed E-state index contributed by atoms with van der Waals surface area (Å²) in [5, 5.41) is 0. The van der Waals surface area contributed by atoms with Gasteiger partial charge in [0.1, 0.15) is 6.61 Å². The lowest BCUT2D eigenvalue weighted by Crippen LogP contribution is -2.56. The van der Waals surface area contributed by atoms with E-state index in [1.807, 2.05) is 4.90 Å². The summed E-state index contributed by atoms with van der Waals surface area (Å²) in [5.74, 6) is 0.0865. The first-order valence-corrected chi connectivity index (χ1v) is 11.2. The molecule has 2 heterocycles. The van der Waals surface area contributed by atoms with E-state index >= 15 is 0 Å². The monoisotopic (exact) mass is 418 g/mol. The Balaban J connectivity index is 1.30. The summed E-state index contributed by atoms with van der Waals surface area (Å²) in [6.45, 7) is 2.52. The Hall–Kier alpha value is -2.63. The van der Waals surface area contributed by atoms with Gasteiger partial charge in [0.15, 0.2) is 0 Å². The average molecular weight is 419 g/mol. The minimum absolute atomic E-state index is 0.0275. The van der Waals surface area contributed by atoms with Crippen LogP contribution in [0.2, 0.25) is 0 Å². The summed E-state index contributed by atoms with van der Waals surface area (Å²) < 4.78 is 11.7. The molecule has 2 aliphatic heterocycles. The van der Waals surface area contributed by atoms with Crippen LogP contribution < -0.4 is 0 Å². The molecule has 1 saturated heterocycles. The molecular weight excluding hydrogens is 388 g/mol. The van der Waals surface area contributed by atoms with Crippen LogP contribution in [0.4, 0.5) is 4.79 Å². The minimum atomic E-state index is -0.219. The van der Waals surface area contributed by atoms with Gasteiger partial charge < -0.3 is 14.4 Å². The predicted octanol–water partition coefficient (Wildman–Crippen LogP) is 4.29. The number of rotatable bonds is 5. The van der Waals surface area contributed by atoms with E-state index in [4.69, 9.17) is 9.47 Å². The van der Waals surface area contributed by atoms with Gasteiger partial charge in [0.2, 0.25) is 0 Å². The summed E-state index contributed by atoms with van der Waals surface area (Å²) in [6.07, 6.45) is 3.91. The molecule has 162 valence electrons. The van der Waals surface area contributed by atoms with E-state index in [1.54, 1.807) is 0 Å². The maximum atomic E-state index is 13.2. The predicted molar refractivity (Wildman–Crippen MR) is 121 cm³/mol. The van der Waals surface area contributed by atoms with Crippen molar-refractivity contribution in [3.05, 3.63) is 71.3 Å². The summed E-state index contributed by atoms with van der Waals surface area (Å²) in [7, 11) is 4.19. The van der Waals surface area contributed by atoms with Gasteiger partial charge in [-0.2, -0.15) is 0 Å². The minimum Gasteiger partial charge on any atom is -0.448 e. The fraction of sp³-hybridized carbons (Fsp3) is 0.423. The van der Waals surface area contributed by atoms with Crippen molar-refractivity contribution in [1.29, 1.82) is 0 Å². The molecule has 31 heavy (non-hydrogen) atoms. The quantitative estimate of drug-likeness (QED) is 0.680. The number of carbonyl (C=O) groups excluding carboxylic acids is 1. The third kappa shape index (κ3) is 3.88. The van der Waals surface area contributed by atoms with Crippen molar-refractivity contribution in [2.75, 3.05) is 40.5 Å². The van der Waals surface area contributed by atoms with E-state index in [0.717, 1.165) is 19.4 Å². The molecule has 3 aliphatic rings. The van der Waals surface area contributed by atoms with Crippen LogP contribution in [-0.4, -0.2) is 68.4 Å². The van der Waals surface area contributed by atoms with Gasteiger partial charge in [-0.05, 0) is 49.2 Å². The van der Waals surface area contributed by atoms with Crippen LogP contribution in [-0.2, 0) is 9.47 Å². The molecule has 2 aromatic carbocycles. The fourth-order valence-corrected chi connectivity index (χ4v) is 5.19. The Labute approximate surface area is 184 Å². The number of amides is 1. The van der Waals surface area contributed by atoms with Gasteiger partial charge >= 0.3 is 6.09 Å². The molecule has 2 bridgehead atoms. The number of fused-ring (bicyclic) bond motifs is 5. The number of morpholine rings is 1. The topological polar surface area (TPSA) is 42.0 Å². The highest BCUT2D eigenvalue weighted by Crippen LogP contribution is 2.44. The van der Waals surface area contributed by atoms with E-state index in [0.29, 0.717) is 19.8 Å². The fourth-order valence-electron chi connectivity index (χ4n) is 5.19. The zero-order chi connectivity index (χ0) is 21.4. The van der Waals surface area contributed by atoms with E-state index in [2.05, 4.69) is 73.6 Å². The molecule has 1 amide bonds. The summed E-state index contributed by atoms with van der Waals surface area (Å²) in [4.78, 5) is 17.3. The largest absolute Gasteiger partial charge is 0.448 e. The standard InChI is InChI=1S/C26H30N2O3/c1-27(2)12-11-18-13-19-15-30-16-20(14-18)28(19)26(29)31-17-25-23-9-5-3-7-21(23)22-8-4-6-10-24(22)25/h3-10,13,19-20,25H,11-12,14-17H2,1-2H3. The van der Waals surface area contributed by atoms with Crippen LogP contribution >= 0.6 is 0 Å². The smallest absolute Gasteiger partial charge is 0.410 e. The number of benzene rings is 2. The molecule has 0 N–H and O–H groups in total. The Kier molecular flexibility index (Phi) is 5.55. The molecule has 5 rings (SSSR count). The summed E-state index contributed by atoms with van der Waals surface area (Å²) >= 11 is 0. The van der Waals surface area contributed by atoms with Crippen molar-refractivity contribution in [2.24, 2.45) is 0 Å². The second-order valence-electron chi connectivity index (χ2n) is 9.05. The number of hydrogen-bond acceptors (Lipinski definition) is 4. The van der Waals surface area contributed by atoms with Gasteiger partial charge in [0.05, 0.1) is 25.3 Å². The molecule has 1 fully saturated rings. The second-order valence-corrected chi connectivity index (χ2v) is 9.05. The summed E-state index contributed by atoms with van der Waals surface area (Å²) in [5.41, 5.74) is 6.40. The van der Waals surface area contributed by atoms with Crippen molar-refractivity contribution in [2.45, 2.75) is 30.8 Å². The van der Waals surface area contributed by atoms with Crippen LogP contribution in [0, 0.1) is 0 Å². The Morgan fingerprint density at radius 1 is 1.06 bits per heavy atom. The van der Waals surface area contributed by atoms with E-state index in [9.17, 15) is 4.79 Å². The van der Waals surface area contributed by atoms with Crippen molar-refractivity contribution in [3.8, 4) is 11.1 Å². The van der Waals surface area contributed by atoms with Crippen molar-refractivity contribution in [1.82, 2.24) is 9.80 Å². The van der Waals surface area contributed by atoms with Gasteiger partial charge in [-0.25, -0.2) is 4.79 Å². The van der Waals surface area contributed by atoms with Crippen LogP contribution in [0.15, 0.2) is 60.2 Å². The van der Waals surface area contributed by atoms with Crippen molar-refractivity contribution < 1.29 is 14.3 Å². The molecule has 2 aromatic rings. The number of ether oxygens (including phenoxy) is 2. The number of hydrogen-bond donors (Lipinski definition) is 0. The average Bonchev–Trinajstić information content (AvgIpc) is 3.09. The van der Waals surface area contributed by atoms with Gasteiger partial charge in [-0.1, -0.05) is 60.2 Å². The first-order valence-electron chi connectivity index (χ1n) is 11.2. The zero-order valence-electron chi connectivity index (χ0n) is 18.3. The first kappa shape index (κ1) is 20.3. The molecule has 0 radical (unpaired) electrons. The molecule has 2 atom stereocenters. The van der Waals surface area contributed by atoms with Crippen LogP contribution in [0.5, 0.6) is 0 Å². The molecular formula is C26H30N2O3. The van der Waals surface area contributed by atoms with E-state index in [-0.39, 0.29) is 24.1 Å². The van der Waals surface area contributed by atoms with Crippen LogP contribution in [0.25, 0.3) is 11.1 Å². The number of nitrogens with zero attached hydrogens (tertiary/aromatic N) is 2. The van der Waals surface area contributed by atoms with E-state index in [1.165, 1.54) is 27.8 Å². The number of carbonyl (C=O) groups is 1. The Morgan fingerprint density at radius 3 is 2.39 bits per heavy atom. The third-order valence-electron chi connectivity index (χ3n) is 6.70. The lowest BCUT2D eigenvalue weighted by atomic mass is 9.92. The lowest BCUT2D eigenvalue weighted by molar-refractivity contribution is -0.0365. The van der Waals surface area contributed by atoms with Crippen molar-refractivity contribution >= 4 is 6.09 Å². The van der Waals surface area contributed by atoms with Gasteiger partial charge in [-0.15, -0.1) is 0 Å². The zero-order valence-corrected chi connectivity index (χ0v) is 18.3. The van der Waals surface area contributed by atoms with Gasteiger partial charge in [0, 0.05) is 12.5 Å². The highest BCUT2D eigenvalue weighted by atomic mass is 16.6. The van der Waals surface area contributed by atoms with E-state index < -0.39 is 0 Å². The molecule has 2 unspecified atom stereocenters. The normalized spacial score (nSPS) is 22.2. The molecule has 0 spiro atoms. The molecule has 5 nitrogen and oxygen atoms in total. The summed E-state index contributed by atoms with van der Waals surface area (Å²) in [6, 6.07) is 16.9. The van der Waals surface area contributed by atoms with Gasteiger partial charge in [0.25, 0.3) is 0 Å². The highest BCUT2D eigenvalue weighted by Gasteiger charge is 2.39. The SMILES string of the molecule is CN(C)CCC1=CC2COCC(C1)N2C(=O)OCC1c2ccccc2-c2ccccc21. The van der Waals surface area contributed by atoms with Crippen LogP contribution in [0.1, 0.15) is 29.9 Å². The van der Waals surface area contributed by atoms with Crippen LogP contribution in [0.3, 0.4) is 0 Å². The Morgan fingerprint density at radius 2 is 1.74 bits per heavy atom. The molecule has 1 aliphatic carbocycles. The molecule has 5 heteroatoms. The second kappa shape index (κ2) is 8.48. The molecule has 0 saturated carbocycles. The molecule has 0 aromatic heterocycles. The maximum absolute atomic E-state index is 13.2. The van der Waals surface area contributed by atoms with Crippen molar-refractivity contribution in [3.63, 3.8) is 0 Å². The maximum Gasteiger partial charge on any atom is 0.410 e. The highest BCUT2D eigenvalue weighted by molar-refractivity contribution is 5.79. The third-order valence-corrected chi connectivity index (χ3v) is 6.70. The Bertz CT molecular complexity index is 954. The lowest BCUT2D eigenvalue weighted by Gasteiger charge is -2.44. The first-order chi connectivity index (χ1) is 15.1.